The van der Waals surface area contributed by atoms with E-state index in [1.54, 1.807) is 12.1 Å². The Kier molecular flexibility index (Phi) is 4.54. The summed E-state index contributed by atoms with van der Waals surface area (Å²) in [4.78, 5) is 0. The average Bonchev–Trinajstić information content (AvgIpc) is 2.26. The van der Waals surface area contributed by atoms with Crippen molar-refractivity contribution in [2.45, 2.75) is 51.5 Å². The molecule has 1 aliphatic rings. The van der Waals surface area contributed by atoms with Gasteiger partial charge in [-0.2, -0.15) is 0 Å². The second-order valence-corrected chi connectivity index (χ2v) is 5.27. The number of hydrogen-bond acceptors (Lipinski definition) is 1. The van der Waals surface area contributed by atoms with E-state index in [4.69, 9.17) is 5.73 Å². The molecule has 2 rings (SSSR count). The fraction of sp³-hybridized carbons (Fsp3) is 0.500. The highest BCUT2D eigenvalue weighted by Gasteiger charge is 2.14. The molecule has 1 aliphatic carbocycles. The number of rotatable bonds is 2. The van der Waals surface area contributed by atoms with Gasteiger partial charge in [0.1, 0.15) is 5.82 Å². The van der Waals surface area contributed by atoms with Crippen molar-refractivity contribution in [3.05, 3.63) is 46.8 Å². The fourth-order valence-corrected chi connectivity index (χ4v) is 2.66. The molecule has 1 unspecified atom stereocenters. The highest BCUT2D eigenvalue weighted by Crippen LogP contribution is 2.27. The maximum absolute atomic E-state index is 13.4. The van der Waals surface area contributed by atoms with Crippen LogP contribution in [-0.2, 0) is 0 Å². The van der Waals surface area contributed by atoms with Crippen LogP contribution >= 0.6 is 0 Å². The van der Waals surface area contributed by atoms with Gasteiger partial charge in [0, 0.05) is 0 Å². The van der Waals surface area contributed by atoms with Crippen molar-refractivity contribution in [2.75, 3.05) is 0 Å². The molecule has 18 heavy (non-hydrogen) atoms. The van der Waals surface area contributed by atoms with Crippen molar-refractivity contribution in [2.24, 2.45) is 5.73 Å². The van der Waals surface area contributed by atoms with Crippen molar-refractivity contribution in [3.63, 3.8) is 0 Å². The lowest BCUT2D eigenvalue weighted by molar-refractivity contribution is 0.597. The lowest BCUT2D eigenvalue weighted by Crippen LogP contribution is -2.14. The number of nitrogens with two attached hydrogens (primary N) is 1. The lowest BCUT2D eigenvalue weighted by Gasteiger charge is -2.19. The first-order valence-corrected chi connectivity index (χ1v) is 6.88. The van der Waals surface area contributed by atoms with Gasteiger partial charge in [-0.25, -0.2) is 4.39 Å². The second-order valence-electron chi connectivity index (χ2n) is 5.27. The van der Waals surface area contributed by atoms with Crippen LogP contribution in [-0.4, -0.2) is 0 Å². The predicted octanol–water partition coefficient (Wildman–Crippen LogP) is 4.41. The predicted molar refractivity (Wildman–Crippen MR) is 73.9 cm³/mol. The summed E-state index contributed by atoms with van der Waals surface area (Å²) >= 11 is 0. The number of halogens is 1. The monoisotopic (exact) mass is 247 g/mol. The van der Waals surface area contributed by atoms with Gasteiger partial charge in [0.05, 0.1) is 6.04 Å². The number of hydrogen-bond donors (Lipinski definition) is 1. The molecule has 2 N–H and O–H groups in total. The van der Waals surface area contributed by atoms with Gasteiger partial charge in [0.25, 0.3) is 0 Å². The molecule has 0 bridgehead atoms. The Morgan fingerprint density at radius 1 is 1.11 bits per heavy atom. The van der Waals surface area contributed by atoms with Gasteiger partial charge in [-0.3, -0.25) is 0 Å². The van der Waals surface area contributed by atoms with Crippen molar-refractivity contribution in [1.82, 2.24) is 0 Å². The SMILES string of the molecule is Cc1cc(F)cc(C(N)/C2=C/CCCCCC2)c1. The normalized spacial score (nSPS) is 21.6. The Labute approximate surface area is 109 Å². The molecule has 2 heteroatoms. The van der Waals surface area contributed by atoms with Crippen LogP contribution in [0.15, 0.2) is 29.8 Å². The maximum Gasteiger partial charge on any atom is 0.123 e. The summed E-state index contributed by atoms with van der Waals surface area (Å²) in [6.45, 7) is 1.91. The largest absolute Gasteiger partial charge is 0.321 e. The van der Waals surface area contributed by atoms with Crippen LogP contribution in [0.3, 0.4) is 0 Å². The topological polar surface area (TPSA) is 26.0 Å². The third-order valence-electron chi connectivity index (χ3n) is 3.65. The first-order chi connectivity index (χ1) is 8.66. The van der Waals surface area contributed by atoms with E-state index in [0.29, 0.717) is 0 Å². The molecule has 1 nitrogen and oxygen atoms in total. The molecule has 0 radical (unpaired) electrons. The molecule has 0 heterocycles. The minimum atomic E-state index is -0.188. The highest BCUT2D eigenvalue weighted by atomic mass is 19.1. The smallest absolute Gasteiger partial charge is 0.123 e. The van der Waals surface area contributed by atoms with E-state index < -0.39 is 0 Å². The maximum atomic E-state index is 13.4. The zero-order chi connectivity index (χ0) is 13.0. The molecule has 0 saturated heterocycles. The summed E-state index contributed by atoms with van der Waals surface area (Å²) in [5.74, 6) is -0.188. The van der Waals surface area contributed by atoms with Gasteiger partial charge in [-0.05, 0) is 55.9 Å². The van der Waals surface area contributed by atoms with Crippen molar-refractivity contribution in [1.29, 1.82) is 0 Å². The fourth-order valence-electron chi connectivity index (χ4n) is 2.66. The van der Waals surface area contributed by atoms with Crippen LogP contribution in [0, 0.1) is 12.7 Å². The molecule has 98 valence electrons. The summed E-state index contributed by atoms with van der Waals surface area (Å²) in [6, 6.07) is 4.96. The average molecular weight is 247 g/mol. The Morgan fingerprint density at radius 3 is 2.67 bits per heavy atom. The third kappa shape index (κ3) is 3.42. The van der Waals surface area contributed by atoms with Crippen LogP contribution in [0.5, 0.6) is 0 Å². The highest BCUT2D eigenvalue weighted by molar-refractivity contribution is 5.31. The van der Waals surface area contributed by atoms with Gasteiger partial charge in [-0.1, -0.05) is 30.6 Å². The molecule has 0 spiro atoms. The molecular formula is C16H22FN. The first kappa shape index (κ1) is 13.3. The molecular weight excluding hydrogens is 225 g/mol. The molecule has 0 amide bonds. The summed E-state index contributed by atoms with van der Waals surface area (Å²) < 4.78 is 13.4. The molecule has 0 fully saturated rings. The second kappa shape index (κ2) is 6.14. The molecule has 1 atom stereocenters. The molecule has 0 aliphatic heterocycles. The Morgan fingerprint density at radius 2 is 1.89 bits per heavy atom. The Hall–Kier alpha value is -1.15. The van der Waals surface area contributed by atoms with Crippen LogP contribution in [0.1, 0.15) is 55.7 Å². The van der Waals surface area contributed by atoms with E-state index in [1.165, 1.54) is 31.3 Å². The van der Waals surface area contributed by atoms with Crippen LogP contribution in [0.25, 0.3) is 0 Å². The quantitative estimate of drug-likeness (QED) is 0.769. The summed E-state index contributed by atoms with van der Waals surface area (Å²) in [7, 11) is 0. The molecule has 0 aromatic heterocycles. The zero-order valence-electron chi connectivity index (χ0n) is 11.1. The summed E-state index contributed by atoms with van der Waals surface area (Å²) in [5.41, 5.74) is 9.41. The third-order valence-corrected chi connectivity index (χ3v) is 3.65. The van der Waals surface area contributed by atoms with E-state index in [2.05, 4.69) is 6.08 Å². The van der Waals surface area contributed by atoms with Gasteiger partial charge in [-0.15, -0.1) is 0 Å². The molecule has 1 aromatic rings. The first-order valence-electron chi connectivity index (χ1n) is 6.88. The van der Waals surface area contributed by atoms with E-state index in [-0.39, 0.29) is 11.9 Å². The Bertz CT molecular complexity index is 416. The van der Waals surface area contributed by atoms with Crippen LogP contribution in [0.2, 0.25) is 0 Å². The van der Waals surface area contributed by atoms with Crippen molar-refractivity contribution < 1.29 is 4.39 Å². The number of allylic oxidation sites excluding steroid dienone is 1. The number of benzene rings is 1. The summed E-state index contributed by atoms with van der Waals surface area (Å²) in [6.07, 6.45) is 9.48. The van der Waals surface area contributed by atoms with Crippen molar-refractivity contribution >= 4 is 0 Å². The van der Waals surface area contributed by atoms with Crippen LogP contribution < -0.4 is 5.73 Å². The number of aryl methyl sites for hydroxylation is 1. The minimum absolute atomic E-state index is 0.141. The van der Waals surface area contributed by atoms with Gasteiger partial charge < -0.3 is 5.73 Å². The van der Waals surface area contributed by atoms with E-state index in [1.807, 2.05) is 13.0 Å². The van der Waals surface area contributed by atoms with Crippen molar-refractivity contribution in [3.8, 4) is 0 Å². The Balaban J connectivity index is 2.20. The van der Waals surface area contributed by atoms with E-state index in [0.717, 1.165) is 24.0 Å². The minimum Gasteiger partial charge on any atom is -0.321 e. The molecule has 0 saturated carbocycles. The van der Waals surface area contributed by atoms with Gasteiger partial charge in [0.15, 0.2) is 0 Å². The lowest BCUT2D eigenvalue weighted by atomic mass is 9.91. The van der Waals surface area contributed by atoms with Gasteiger partial charge >= 0.3 is 0 Å². The van der Waals surface area contributed by atoms with E-state index in [9.17, 15) is 4.39 Å². The van der Waals surface area contributed by atoms with E-state index >= 15 is 0 Å². The standard InChI is InChI=1S/C16H22FN/c1-12-9-14(11-15(17)10-12)16(18)13-7-5-3-2-4-6-8-13/h7,9-11,16H,2-6,8,18H2,1H3/b13-7+. The van der Waals surface area contributed by atoms with Crippen LogP contribution in [0.4, 0.5) is 4.39 Å². The van der Waals surface area contributed by atoms with Gasteiger partial charge in [0.2, 0.25) is 0 Å². The zero-order valence-corrected chi connectivity index (χ0v) is 11.1. The summed E-state index contributed by atoms with van der Waals surface area (Å²) in [5, 5.41) is 0. The molecule has 1 aromatic carbocycles.